The first-order valence-electron chi connectivity index (χ1n) is 7.61. The second kappa shape index (κ2) is 10.1. The van der Waals surface area contributed by atoms with Gasteiger partial charge in [0.25, 0.3) is 0 Å². The summed E-state index contributed by atoms with van der Waals surface area (Å²) in [6.07, 6.45) is 2.60. The van der Waals surface area contributed by atoms with Gasteiger partial charge < -0.3 is 14.7 Å². The fourth-order valence-electron chi connectivity index (χ4n) is 2.10. The summed E-state index contributed by atoms with van der Waals surface area (Å²) >= 11 is 0. The second-order valence-electron chi connectivity index (χ2n) is 5.33. The van der Waals surface area contributed by atoms with Crippen LogP contribution < -0.4 is 0 Å². The van der Waals surface area contributed by atoms with E-state index in [4.69, 9.17) is 4.74 Å². The Morgan fingerprint density at radius 2 is 1.74 bits per heavy atom. The molecule has 0 aromatic rings. The Kier molecular flexibility index (Phi) is 9.66. The normalized spacial score (nSPS) is 14.3. The molecule has 0 saturated heterocycles. The van der Waals surface area contributed by atoms with Gasteiger partial charge in [0.2, 0.25) is 0 Å². The topological polar surface area (TPSA) is 49.8 Å². The van der Waals surface area contributed by atoms with Crippen LogP contribution in [0, 0.1) is 5.92 Å². The van der Waals surface area contributed by atoms with Crippen LogP contribution in [0.1, 0.15) is 60.3 Å². The highest BCUT2D eigenvalue weighted by Gasteiger charge is 2.27. The average molecular weight is 273 g/mol. The molecule has 1 amide bonds. The third-order valence-corrected chi connectivity index (χ3v) is 3.40. The van der Waals surface area contributed by atoms with E-state index >= 15 is 0 Å². The fraction of sp³-hybridized carbons (Fsp3) is 0.933. The molecule has 0 aliphatic carbocycles. The van der Waals surface area contributed by atoms with Crippen LogP contribution in [0.3, 0.4) is 0 Å². The predicted molar refractivity (Wildman–Crippen MR) is 78.2 cm³/mol. The van der Waals surface area contributed by atoms with Gasteiger partial charge in [-0.05, 0) is 26.2 Å². The van der Waals surface area contributed by atoms with Gasteiger partial charge in [-0.2, -0.15) is 0 Å². The van der Waals surface area contributed by atoms with E-state index in [2.05, 4.69) is 6.92 Å². The number of hydrogen-bond donors (Lipinski definition) is 1. The first-order valence-corrected chi connectivity index (χ1v) is 7.61. The minimum atomic E-state index is -0.564. The van der Waals surface area contributed by atoms with Crippen molar-refractivity contribution in [3.8, 4) is 0 Å². The number of carbonyl (C=O) groups excluding carboxylic acids is 1. The quantitative estimate of drug-likeness (QED) is 0.655. The second-order valence-corrected chi connectivity index (χ2v) is 5.33. The Morgan fingerprint density at radius 3 is 2.16 bits per heavy atom. The van der Waals surface area contributed by atoms with E-state index in [1.807, 2.05) is 27.7 Å². The zero-order chi connectivity index (χ0) is 14.8. The van der Waals surface area contributed by atoms with E-state index in [1.165, 1.54) is 0 Å². The molecule has 0 bridgehead atoms. The number of hydrogen-bond acceptors (Lipinski definition) is 3. The molecule has 0 aliphatic heterocycles. The molecule has 2 unspecified atom stereocenters. The number of ether oxygens (including phenoxy) is 1. The first kappa shape index (κ1) is 18.2. The van der Waals surface area contributed by atoms with Crippen LogP contribution in [0.2, 0.25) is 0 Å². The van der Waals surface area contributed by atoms with Crippen molar-refractivity contribution in [3.63, 3.8) is 0 Å². The fourth-order valence-corrected chi connectivity index (χ4v) is 2.10. The number of amides is 1. The summed E-state index contributed by atoms with van der Waals surface area (Å²) in [7, 11) is 0. The maximum Gasteiger partial charge on any atom is 0.410 e. The molecular weight excluding hydrogens is 242 g/mol. The zero-order valence-electron chi connectivity index (χ0n) is 13.2. The largest absolute Gasteiger partial charge is 0.443 e. The van der Waals surface area contributed by atoms with Gasteiger partial charge in [-0.3, -0.25) is 0 Å². The summed E-state index contributed by atoms with van der Waals surface area (Å²) in [4.78, 5) is 13.6. The molecule has 0 aromatic carbocycles. The molecule has 4 nitrogen and oxygen atoms in total. The Labute approximate surface area is 118 Å². The van der Waals surface area contributed by atoms with Crippen molar-refractivity contribution >= 4 is 6.09 Å². The summed E-state index contributed by atoms with van der Waals surface area (Å²) in [5.41, 5.74) is 0. The van der Waals surface area contributed by atoms with Crippen LogP contribution in [0.5, 0.6) is 0 Å². The predicted octanol–water partition coefficient (Wildman–Crippen LogP) is 3.43. The van der Waals surface area contributed by atoms with Crippen LogP contribution in [0.25, 0.3) is 0 Å². The summed E-state index contributed by atoms with van der Waals surface area (Å²) < 4.78 is 5.49. The molecular formula is C15H31NO3. The number of unbranched alkanes of at least 4 members (excludes halogenated alkanes) is 2. The van der Waals surface area contributed by atoms with Gasteiger partial charge in [0, 0.05) is 13.1 Å². The molecule has 0 saturated carbocycles. The van der Waals surface area contributed by atoms with Crippen molar-refractivity contribution in [2.75, 3.05) is 13.1 Å². The van der Waals surface area contributed by atoms with Crippen molar-refractivity contribution in [2.45, 2.75) is 72.5 Å². The van der Waals surface area contributed by atoms with Gasteiger partial charge in [0.1, 0.15) is 6.10 Å². The highest BCUT2D eigenvalue weighted by molar-refractivity contribution is 5.67. The lowest BCUT2D eigenvalue weighted by Crippen LogP contribution is -2.41. The Morgan fingerprint density at radius 1 is 1.16 bits per heavy atom. The summed E-state index contributed by atoms with van der Waals surface area (Å²) in [5, 5.41) is 10.2. The van der Waals surface area contributed by atoms with E-state index in [1.54, 1.807) is 4.90 Å². The first-order chi connectivity index (χ1) is 8.97. The van der Waals surface area contributed by atoms with E-state index in [-0.39, 0.29) is 12.0 Å². The van der Waals surface area contributed by atoms with Gasteiger partial charge in [0.15, 0.2) is 0 Å². The number of aliphatic hydroxyl groups excluding tert-OH is 1. The minimum Gasteiger partial charge on any atom is -0.443 e. The maximum atomic E-state index is 11.9. The number of aliphatic hydroxyl groups is 1. The molecule has 0 rings (SSSR count). The monoisotopic (exact) mass is 273 g/mol. The van der Waals surface area contributed by atoms with Crippen molar-refractivity contribution < 1.29 is 14.6 Å². The standard InChI is InChI=1S/C15H31NO3/c1-6-9-10-11-13(17)14(12(4)5)19-15(18)16(7-2)8-3/h12-14,17H,6-11H2,1-5H3. The number of rotatable bonds is 9. The molecule has 0 aromatic heterocycles. The van der Waals surface area contributed by atoms with Crippen LogP contribution in [-0.4, -0.2) is 41.4 Å². The molecule has 19 heavy (non-hydrogen) atoms. The molecule has 2 atom stereocenters. The smallest absolute Gasteiger partial charge is 0.410 e. The Bertz CT molecular complexity index is 240. The maximum absolute atomic E-state index is 11.9. The van der Waals surface area contributed by atoms with Crippen LogP contribution in [0.15, 0.2) is 0 Å². The van der Waals surface area contributed by atoms with Gasteiger partial charge in [-0.15, -0.1) is 0 Å². The van der Waals surface area contributed by atoms with Crippen molar-refractivity contribution in [1.29, 1.82) is 0 Å². The third-order valence-electron chi connectivity index (χ3n) is 3.40. The molecule has 0 heterocycles. The summed E-state index contributed by atoms with van der Waals surface area (Å²) in [6, 6.07) is 0. The lowest BCUT2D eigenvalue weighted by molar-refractivity contribution is -0.0368. The van der Waals surface area contributed by atoms with Crippen molar-refractivity contribution in [3.05, 3.63) is 0 Å². The average Bonchev–Trinajstić information content (AvgIpc) is 2.37. The van der Waals surface area contributed by atoms with E-state index in [9.17, 15) is 9.90 Å². The molecule has 0 fully saturated rings. The number of carbonyl (C=O) groups is 1. The van der Waals surface area contributed by atoms with E-state index in [0.29, 0.717) is 19.5 Å². The molecule has 4 heteroatoms. The highest BCUT2D eigenvalue weighted by Crippen LogP contribution is 2.17. The molecule has 0 radical (unpaired) electrons. The van der Waals surface area contributed by atoms with Crippen LogP contribution in [-0.2, 0) is 4.74 Å². The van der Waals surface area contributed by atoms with Crippen molar-refractivity contribution in [1.82, 2.24) is 4.90 Å². The van der Waals surface area contributed by atoms with Gasteiger partial charge in [-0.25, -0.2) is 4.79 Å². The molecule has 0 aliphatic rings. The van der Waals surface area contributed by atoms with Gasteiger partial charge in [-0.1, -0.05) is 40.0 Å². The number of nitrogens with zero attached hydrogens (tertiary/aromatic N) is 1. The van der Waals surface area contributed by atoms with Crippen molar-refractivity contribution in [2.24, 2.45) is 5.92 Å². The summed E-state index contributed by atoms with van der Waals surface area (Å²) in [5.74, 6) is 0.121. The van der Waals surface area contributed by atoms with Crippen LogP contribution >= 0.6 is 0 Å². The lowest BCUT2D eigenvalue weighted by atomic mass is 9.97. The lowest BCUT2D eigenvalue weighted by Gasteiger charge is -2.29. The summed E-state index contributed by atoms with van der Waals surface area (Å²) in [6.45, 7) is 11.2. The third kappa shape index (κ3) is 6.81. The Balaban J connectivity index is 4.43. The van der Waals surface area contributed by atoms with E-state index in [0.717, 1.165) is 19.3 Å². The SMILES string of the molecule is CCCCCC(O)C(OC(=O)N(CC)CC)C(C)C. The zero-order valence-corrected chi connectivity index (χ0v) is 13.2. The van der Waals surface area contributed by atoms with Crippen LogP contribution in [0.4, 0.5) is 4.79 Å². The highest BCUT2D eigenvalue weighted by atomic mass is 16.6. The Hall–Kier alpha value is -0.770. The van der Waals surface area contributed by atoms with E-state index < -0.39 is 12.2 Å². The minimum absolute atomic E-state index is 0.121. The molecule has 1 N–H and O–H groups in total. The van der Waals surface area contributed by atoms with Gasteiger partial charge in [0.05, 0.1) is 6.10 Å². The molecule has 0 spiro atoms. The van der Waals surface area contributed by atoms with Gasteiger partial charge >= 0.3 is 6.09 Å². The molecule has 114 valence electrons.